The second-order valence-corrected chi connectivity index (χ2v) is 11.0. The van der Waals surface area contributed by atoms with E-state index in [-0.39, 0.29) is 18.9 Å². The average Bonchev–Trinajstić information content (AvgIpc) is 3.49. The third-order valence-corrected chi connectivity index (χ3v) is 7.71. The number of aliphatic carboxylic acids is 1. The third-order valence-electron chi connectivity index (χ3n) is 6.33. The topological polar surface area (TPSA) is 84.7 Å². The van der Waals surface area contributed by atoms with Gasteiger partial charge in [-0.05, 0) is 49.2 Å². The minimum atomic E-state index is -0.899. The highest BCUT2D eigenvalue weighted by atomic mass is 32.2. The van der Waals surface area contributed by atoms with Gasteiger partial charge in [-0.15, -0.1) is 0 Å². The summed E-state index contributed by atoms with van der Waals surface area (Å²) in [4.78, 5) is 26.0. The molecule has 9 heteroatoms. The van der Waals surface area contributed by atoms with Crippen LogP contribution in [0.4, 0.5) is 0 Å². The number of carbonyl (C=O) groups excluding carboxylic acids is 1. The lowest BCUT2D eigenvalue weighted by Crippen LogP contribution is -2.29. The SMILES string of the molecule is Cc1ccc(COc2cccc(-c3nn(-c4ccccc4)cc3C=C3SC(=S)N(CCCC(=O)O)C3=O)c2)cc1. The number of rotatable bonds is 10. The van der Waals surface area contributed by atoms with E-state index in [0.29, 0.717) is 33.7 Å². The molecule has 1 amide bonds. The van der Waals surface area contributed by atoms with Crippen molar-refractivity contribution in [3.63, 3.8) is 0 Å². The number of para-hydroxylation sites is 1. The number of carboxylic acid groups (broad SMARTS) is 1. The Morgan fingerprint density at radius 1 is 1.07 bits per heavy atom. The van der Waals surface area contributed by atoms with E-state index in [1.807, 2.05) is 60.8 Å². The van der Waals surface area contributed by atoms with Gasteiger partial charge in [-0.2, -0.15) is 5.10 Å². The molecular formula is C31H27N3O4S2. The first-order valence-electron chi connectivity index (χ1n) is 12.8. The van der Waals surface area contributed by atoms with E-state index in [0.717, 1.165) is 22.4 Å². The molecule has 1 fully saturated rings. The van der Waals surface area contributed by atoms with Gasteiger partial charge in [-0.1, -0.05) is 84.1 Å². The molecule has 0 aliphatic carbocycles. The normalized spacial score (nSPS) is 14.2. The summed E-state index contributed by atoms with van der Waals surface area (Å²) in [6.45, 7) is 2.77. The molecule has 202 valence electrons. The number of thioether (sulfide) groups is 1. The molecule has 0 saturated carbocycles. The van der Waals surface area contributed by atoms with E-state index >= 15 is 0 Å². The maximum Gasteiger partial charge on any atom is 0.303 e. The van der Waals surface area contributed by atoms with Gasteiger partial charge in [-0.3, -0.25) is 14.5 Å². The van der Waals surface area contributed by atoms with Gasteiger partial charge in [0.05, 0.1) is 10.6 Å². The van der Waals surface area contributed by atoms with Gasteiger partial charge in [0.15, 0.2) is 0 Å². The van der Waals surface area contributed by atoms with Crippen molar-refractivity contribution in [3.05, 3.63) is 107 Å². The molecule has 0 atom stereocenters. The number of ether oxygens (including phenoxy) is 1. The van der Waals surface area contributed by atoms with E-state index in [2.05, 4.69) is 31.2 Å². The van der Waals surface area contributed by atoms with Crippen molar-refractivity contribution in [1.82, 2.24) is 14.7 Å². The largest absolute Gasteiger partial charge is 0.489 e. The number of aryl methyl sites for hydroxylation is 1. The number of amides is 1. The van der Waals surface area contributed by atoms with E-state index < -0.39 is 5.97 Å². The Kier molecular flexibility index (Phi) is 8.42. The van der Waals surface area contributed by atoms with Gasteiger partial charge in [0.2, 0.25) is 0 Å². The number of carboxylic acids is 1. The van der Waals surface area contributed by atoms with Crippen molar-refractivity contribution in [2.75, 3.05) is 6.54 Å². The number of carbonyl (C=O) groups is 2. The van der Waals surface area contributed by atoms with Crippen LogP contribution in [0.25, 0.3) is 23.0 Å². The van der Waals surface area contributed by atoms with Crippen LogP contribution in [0.15, 0.2) is 90.0 Å². The summed E-state index contributed by atoms with van der Waals surface area (Å²) in [5.41, 5.74) is 5.46. The Morgan fingerprint density at radius 3 is 2.60 bits per heavy atom. The third kappa shape index (κ3) is 6.50. The molecule has 1 aliphatic heterocycles. The first-order valence-corrected chi connectivity index (χ1v) is 14.0. The fourth-order valence-electron chi connectivity index (χ4n) is 4.24. The van der Waals surface area contributed by atoms with E-state index in [9.17, 15) is 9.59 Å². The summed E-state index contributed by atoms with van der Waals surface area (Å²) < 4.78 is 8.29. The zero-order valence-electron chi connectivity index (χ0n) is 21.8. The maximum atomic E-state index is 13.2. The molecule has 5 rings (SSSR count). The summed E-state index contributed by atoms with van der Waals surface area (Å²) in [6.07, 6.45) is 4.01. The summed E-state index contributed by atoms with van der Waals surface area (Å²) in [7, 11) is 0. The summed E-state index contributed by atoms with van der Waals surface area (Å²) in [5, 5.41) is 13.8. The van der Waals surface area contributed by atoms with Crippen molar-refractivity contribution >= 4 is 46.3 Å². The number of nitrogens with zero attached hydrogens (tertiary/aromatic N) is 3. The molecule has 1 aromatic heterocycles. The van der Waals surface area contributed by atoms with Crippen LogP contribution in [0.2, 0.25) is 0 Å². The van der Waals surface area contributed by atoms with E-state index in [1.54, 1.807) is 10.8 Å². The monoisotopic (exact) mass is 569 g/mol. The first-order chi connectivity index (χ1) is 19.4. The van der Waals surface area contributed by atoms with Crippen LogP contribution < -0.4 is 4.74 Å². The second kappa shape index (κ2) is 12.3. The number of benzene rings is 3. The highest BCUT2D eigenvalue weighted by Crippen LogP contribution is 2.35. The van der Waals surface area contributed by atoms with Gasteiger partial charge in [0.25, 0.3) is 5.91 Å². The second-order valence-electron chi connectivity index (χ2n) is 9.35. The van der Waals surface area contributed by atoms with Gasteiger partial charge in [-0.25, -0.2) is 4.68 Å². The van der Waals surface area contributed by atoms with Crippen LogP contribution >= 0.6 is 24.0 Å². The molecule has 7 nitrogen and oxygen atoms in total. The summed E-state index contributed by atoms with van der Waals surface area (Å²) >= 11 is 6.65. The van der Waals surface area contributed by atoms with Gasteiger partial charge in [0, 0.05) is 30.3 Å². The predicted molar refractivity (Wildman–Crippen MR) is 161 cm³/mol. The van der Waals surface area contributed by atoms with Gasteiger partial charge >= 0.3 is 5.97 Å². The van der Waals surface area contributed by atoms with Crippen LogP contribution in [0.3, 0.4) is 0 Å². The van der Waals surface area contributed by atoms with Crippen molar-refractivity contribution in [3.8, 4) is 22.7 Å². The lowest BCUT2D eigenvalue weighted by molar-refractivity contribution is -0.137. The number of aromatic nitrogens is 2. The van der Waals surface area contributed by atoms with Gasteiger partial charge in [0.1, 0.15) is 22.4 Å². The Bertz CT molecular complexity index is 1580. The number of hydrogen-bond acceptors (Lipinski definition) is 6. The number of thiocarbonyl (C=S) groups is 1. The Hall–Kier alpha value is -4.21. The van der Waals surface area contributed by atoms with E-state index in [1.165, 1.54) is 22.2 Å². The minimum absolute atomic E-state index is 0.0214. The first kappa shape index (κ1) is 27.4. The lowest BCUT2D eigenvalue weighted by atomic mass is 10.1. The highest BCUT2D eigenvalue weighted by molar-refractivity contribution is 8.26. The Morgan fingerprint density at radius 2 is 1.85 bits per heavy atom. The molecule has 1 N–H and O–H groups in total. The summed E-state index contributed by atoms with van der Waals surface area (Å²) in [5.74, 6) is -0.416. The van der Waals surface area contributed by atoms with Crippen molar-refractivity contribution < 1.29 is 19.4 Å². The van der Waals surface area contributed by atoms with Crippen LogP contribution in [-0.4, -0.2) is 42.5 Å². The average molecular weight is 570 g/mol. The molecule has 3 aromatic carbocycles. The lowest BCUT2D eigenvalue weighted by Gasteiger charge is -2.13. The molecular weight excluding hydrogens is 542 g/mol. The molecule has 0 radical (unpaired) electrons. The maximum absolute atomic E-state index is 13.2. The minimum Gasteiger partial charge on any atom is -0.489 e. The predicted octanol–water partition coefficient (Wildman–Crippen LogP) is 6.49. The van der Waals surface area contributed by atoms with E-state index in [4.69, 9.17) is 27.2 Å². The Balaban J connectivity index is 1.45. The van der Waals surface area contributed by atoms with Crippen molar-refractivity contribution in [2.24, 2.45) is 0 Å². The molecule has 1 aliphatic rings. The fourth-order valence-corrected chi connectivity index (χ4v) is 5.54. The zero-order valence-corrected chi connectivity index (χ0v) is 23.5. The van der Waals surface area contributed by atoms with Crippen LogP contribution in [0.1, 0.15) is 29.5 Å². The molecule has 0 unspecified atom stereocenters. The smallest absolute Gasteiger partial charge is 0.303 e. The molecule has 40 heavy (non-hydrogen) atoms. The highest BCUT2D eigenvalue weighted by Gasteiger charge is 2.32. The quantitative estimate of drug-likeness (QED) is 0.173. The summed E-state index contributed by atoms with van der Waals surface area (Å²) in [6, 6.07) is 25.7. The molecule has 2 heterocycles. The molecule has 4 aromatic rings. The van der Waals surface area contributed by atoms with Gasteiger partial charge < -0.3 is 9.84 Å². The zero-order chi connectivity index (χ0) is 28.1. The van der Waals surface area contributed by atoms with Crippen LogP contribution in [-0.2, 0) is 16.2 Å². The molecule has 0 spiro atoms. The molecule has 1 saturated heterocycles. The van der Waals surface area contributed by atoms with Crippen LogP contribution in [0, 0.1) is 6.92 Å². The number of hydrogen-bond donors (Lipinski definition) is 1. The fraction of sp³-hybridized carbons (Fsp3) is 0.161. The molecule has 0 bridgehead atoms. The Labute approximate surface area is 242 Å². The van der Waals surface area contributed by atoms with Crippen molar-refractivity contribution in [1.29, 1.82) is 0 Å². The standard InChI is InChI=1S/C31H27N3O4S2/c1-21-12-14-22(15-13-21)20-38-26-10-5-7-23(17-26)29-24(19-34(32-29)25-8-3-2-4-9-25)18-27-30(37)33(31(39)40-27)16-6-11-28(35)36/h2-5,7-10,12-15,17-19H,6,11,16,20H2,1H3,(H,35,36). The van der Waals surface area contributed by atoms with Crippen molar-refractivity contribution in [2.45, 2.75) is 26.4 Å². The van der Waals surface area contributed by atoms with Crippen LogP contribution in [0.5, 0.6) is 5.75 Å².